The Labute approximate surface area is 151 Å². The molecule has 0 aliphatic carbocycles. The lowest BCUT2D eigenvalue weighted by molar-refractivity contribution is 0.0547. The molecule has 2 aliphatic rings. The summed E-state index contributed by atoms with van der Waals surface area (Å²) in [6.07, 6.45) is 10.2. The van der Waals surface area contributed by atoms with E-state index in [1.165, 1.54) is 0 Å². The monoisotopic (exact) mass is 348 g/mol. The predicted octanol–water partition coefficient (Wildman–Crippen LogP) is 3.02. The molecule has 26 heavy (non-hydrogen) atoms. The first-order chi connectivity index (χ1) is 12.7. The number of carbonyl (C=O) groups excluding carboxylic acids is 1. The molecular formula is C20H20N4O2. The van der Waals surface area contributed by atoms with Crippen molar-refractivity contribution >= 4 is 5.91 Å². The minimum atomic E-state index is -0.00312. The maximum Gasteiger partial charge on any atom is 0.289 e. The number of furan rings is 1. The number of pyridine rings is 1. The van der Waals surface area contributed by atoms with Crippen LogP contribution in [0.4, 0.5) is 0 Å². The topological polar surface area (TPSA) is 64.2 Å². The van der Waals surface area contributed by atoms with Crippen LogP contribution in [0.5, 0.6) is 0 Å². The van der Waals surface area contributed by atoms with Crippen LogP contribution in [0, 0.1) is 5.41 Å². The van der Waals surface area contributed by atoms with Gasteiger partial charge < -0.3 is 13.9 Å². The Morgan fingerprint density at radius 1 is 1.15 bits per heavy atom. The molecule has 6 heteroatoms. The van der Waals surface area contributed by atoms with Crippen molar-refractivity contribution in [1.29, 1.82) is 0 Å². The lowest BCUT2D eigenvalue weighted by Gasteiger charge is -2.38. The van der Waals surface area contributed by atoms with E-state index in [4.69, 9.17) is 4.42 Å². The number of rotatable bonds is 2. The van der Waals surface area contributed by atoms with Crippen molar-refractivity contribution in [1.82, 2.24) is 19.4 Å². The second-order valence-corrected chi connectivity index (χ2v) is 7.33. The average molecular weight is 348 g/mol. The third-order valence-corrected chi connectivity index (χ3v) is 5.77. The summed E-state index contributed by atoms with van der Waals surface area (Å²) in [7, 11) is 0. The van der Waals surface area contributed by atoms with Crippen LogP contribution in [0.25, 0.3) is 11.3 Å². The van der Waals surface area contributed by atoms with Gasteiger partial charge in [-0.1, -0.05) is 0 Å². The zero-order chi connectivity index (χ0) is 17.6. The Kier molecular flexibility index (Phi) is 3.45. The van der Waals surface area contributed by atoms with Crippen molar-refractivity contribution in [3.05, 3.63) is 60.7 Å². The molecule has 0 aromatic carbocycles. The Morgan fingerprint density at radius 3 is 2.77 bits per heavy atom. The molecule has 0 atom stereocenters. The highest BCUT2D eigenvalue weighted by atomic mass is 16.3. The van der Waals surface area contributed by atoms with E-state index in [2.05, 4.69) is 20.6 Å². The molecule has 0 unspecified atom stereocenters. The van der Waals surface area contributed by atoms with Gasteiger partial charge in [0, 0.05) is 44.0 Å². The van der Waals surface area contributed by atoms with Crippen LogP contribution < -0.4 is 0 Å². The standard InChI is InChI=1S/C20H20N4O2/c25-19(17-4-2-10-26-17)23-8-5-20(6-9-23)11-18-22-13-16(24(18)14-20)15-3-1-7-21-12-15/h1-4,7,10,12-13H,5-6,8-9,11,14H2. The van der Waals surface area contributed by atoms with Gasteiger partial charge in [0.25, 0.3) is 5.91 Å². The van der Waals surface area contributed by atoms with Crippen LogP contribution in [-0.2, 0) is 13.0 Å². The molecule has 132 valence electrons. The molecule has 1 spiro atoms. The molecule has 0 saturated carbocycles. The lowest BCUT2D eigenvalue weighted by Crippen LogP contribution is -2.43. The second kappa shape index (κ2) is 5.83. The van der Waals surface area contributed by atoms with Crippen LogP contribution in [0.1, 0.15) is 29.2 Å². The number of carbonyl (C=O) groups is 1. The van der Waals surface area contributed by atoms with Crippen molar-refractivity contribution in [3.63, 3.8) is 0 Å². The van der Waals surface area contributed by atoms with Gasteiger partial charge in [0.15, 0.2) is 5.76 Å². The molecule has 5 rings (SSSR count). The summed E-state index contributed by atoms with van der Waals surface area (Å²) >= 11 is 0. The normalized spacial score (nSPS) is 18.2. The van der Waals surface area contributed by atoms with Crippen molar-refractivity contribution in [2.45, 2.75) is 25.8 Å². The second-order valence-electron chi connectivity index (χ2n) is 7.33. The predicted molar refractivity (Wildman–Crippen MR) is 95.4 cm³/mol. The van der Waals surface area contributed by atoms with Crippen LogP contribution in [-0.4, -0.2) is 38.4 Å². The van der Waals surface area contributed by atoms with E-state index >= 15 is 0 Å². The van der Waals surface area contributed by atoms with Crippen molar-refractivity contribution in [3.8, 4) is 11.3 Å². The van der Waals surface area contributed by atoms with E-state index in [-0.39, 0.29) is 11.3 Å². The number of fused-ring (bicyclic) bond motifs is 1. The molecule has 3 aromatic heterocycles. The van der Waals surface area contributed by atoms with E-state index in [0.29, 0.717) is 5.76 Å². The van der Waals surface area contributed by atoms with E-state index < -0.39 is 0 Å². The van der Waals surface area contributed by atoms with Gasteiger partial charge in [0.05, 0.1) is 18.2 Å². The molecule has 6 nitrogen and oxygen atoms in total. The highest BCUT2D eigenvalue weighted by Gasteiger charge is 2.42. The quantitative estimate of drug-likeness (QED) is 0.714. The first kappa shape index (κ1) is 15.4. The number of piperidine rings is 1. The summed E-state index contributed by atoms with van der Waals surface area (Å²) in [6.45, 7) is 2.51. The van der Waals surface area contributed by atoms with E-state index in [0.717, 1.165) is 56.0 Å². The molecule has 0 N–H and O–H groups in total. The first-order valence-corrected chi connectivity index (χ1v) is 9.02. The van der Waals surface area contributed by atoms with Gasteiger partial charge in [-0.3, -0.25) is 9.78 Å². The maximum absolute atomic E-state index is 12.5. The highest BCUT2D eigenvalue weighted by molar-refractivity contribution is 5.91. The Balaban J connectivity index is 1.32. The van der Waals surface area contributed by atoms with Crippen LogP contribution in [0.2, 0.25) is 0 Å². The van der Waals surface area contributed by atoms with Crippen molar-refractivity contribution in [2.75, 3.05) is 13.1 Å². The van der Waals surface area contributed by atoms with Gasteiger partial charge in [-0.05, 0) is 42.5 Å². The third kappa shape index (κ3) is 2.44. The van der Waals surface area contributed by atoms with Gasteiger partial charge in [-0.2, -0.15) is 0 Å². The first-order valence-electron chi connectivity index (χ1n) is 9.02. The number of likely N-dealkylation sites (tertiary alicyclic amines) is 1. The fraction of sp³-hybridized carbons (Fsp3) is 0.350. The van der Waals surface area contributed by atoms with E-state index in [1.54, 1.807) is 24.6 Å². The number of aromatic nitrogens is 3. The minimum Gasteiger partial charge on any atom is -0.459 e. The number of imidazole rings is 1. The summed E-state index contributed by atoms with van der Waals surface area (Å²) in [4.78, 5) is 23.3. The number of hydrogen-bond acceptors (Lipinski definition) is 4. The molecule has 1 fully saturated rings. The maximum atomic E-state index is 12.5. The Hall–Kier alpha value is -2.89. The van der Waals surface area contributed by atoms with Crippen LogP contribution in [0.15, 0.2) is 53.5 Å². The zero-order valence-corrected chi connectivity index (χ0v) is 14.5. The van der Waals surface area contributed by atoms with Crippen molar-refractivity contribution < 1.29 is 9.21 Å². The fourth-order valence-electron chi connectivity index (χ4n) is 4.28. The number of hydrogen-bond donors (Lipinski definition) is 0. The van der Waals surface area contributed by atoms with Crippen LogP contribution >= 0.6 is 0 Å². The number of amides is 1. The molecule has 2 aliphatic heterocycles. The molecule has 5 heterocycles. The van der Waals surface area contributed by atoms with Gasteiger partial charge >= 0.3 is 0 Å². The van der Waals surface area contributed by atoms with Crippen molar-refractivity contribution in [2.24, 2.45) is 5.41 Å². The molecule has 0 bridgehead atoms. The smallest absolute Gasteiger partial charge is 0.289 e. The van der Waals surface area contributed by atoms with Gasteiger partial charge in [0.1, 0.15) is 5.82 Å². The Bertz CT molecular complexity index is 922. The lowest BCUT2D eigenvalue weighted by atomic mass is 9.77. The number of nitrogens with zero attached hydrogens (tertiary/aromatic N) is 4. The van der Waals surface area contributed by atoms with Gasteiger partial charge in [0.2, 0.25) is 0 Å². The zero-order valence-electron chi connectivity index (χ0n) is 14.5. The molecule has 3 aromatic rings. The molecule has 1 saturated heterocycles. The average Bonchev–Trinajstić information content (AvgIpc) is 3.39. The molecular weight excluding hydrogens is 328 g/mol. The summed E-state index contributed by atoms with van der Waals surface area (Å²) in [5.74, 6) is 1.57. The Morgan fingerprint density at radius 2 is 2.04 bits per heavy atom. The SMILES string of the molecule is O=C(c1ccco1)N1CCC2(CC1)Cc1ncc(-c3cccnc3)n1C2. The summed E-state index contributed by atoms with van der Waals surface area (Å²) < 4.78 is 7.59. The van der Waals surface area contributed by atoms with Crippen LogP contribution in [0.3, 0.4) is 0 Å². The molecule has 1 amide bonds. The third-order valence-electron chi connectivity index (χ3n) is 5.77. The van der Waals surface area contributed by atoms with E-state index in [1.807, 2.05) is 23.4 Å². The summed E-state index contributed by atoms with van der Waals surface area (Å²) in [5.41, 5.74) is 2.45. The molecule has 0 radical (unpaired) electrons. The fourth-order valence-corrected chi connectivity index (χ4v) is 4.28. The van der Waals surface area contributed by atoms with Gasteiger partial charge in [-0.25, -0.2) is 4.98 Å². The van der Waals surface area contributed by atoms with Gasteiger partial charge in [-0.15, -0.1) is 0 Å². The van der Waals surface area contributed by atoms with E-state index in [9.17, 15) is 4.79 Å². The highest BCUT2D eigenvalue weighted by Crippen LogP contribution is 2.43. The summed E-state index contributed by atoms with van der Waals surface area (Å²) in [6, 6.07) is 7.53. The minimum absolute atomic E-state index is 0.00312. The largest absolute Gasteiger partial charge is 0.459 e. The summed E-state index contributed by atoms with van der Waals surface area (Å²) in [5, 5.41) is 0.